The molecule has 0 unspecified atom stereocenters. The number of aliphatic carboxylic acids is 2. The van der Waals surface area contributed by atoms with Crippen LogP contribution in [0.25, 0.3) is 0 Å². The largest absolute Gasteiger partial charge is 0.550 e. The molecule has 0 amide bonds. The number of carboxylic acid groups (broad SMARTS) is 2. The van der Waals surface area contributed by atoms with Crippen molar-refractivity contribution in [2.45, 2.75) is 58.4 Å². The van der Waals surface area contributed by atoms with E-state index >= 15 is 0 Å². The highest BCUT2D eigenvalue weighted by Crippen LogP contribution is 2.16. The normalized spacial score (nSPS) is 12.9. The summed E-state index contributed by atoms with van der Waals surface area (Å²) in [4.78, 5) is 20.8. The van der Waals surface area contributed by atoms with Crippen LogP contribution in [0.4, 0.5) is 0 Å². The third-order valence-electron chi connectivity index (χ3n) is 3.81. The molecule has 0 aliphatic carbocycles. The quantitative estimate of drug-likeness (QED) is 0.559. The van der Waals surface area contributed by atoms with Gasteiger partial charge in [-0.05, 0) is 42.7 Å². The molecule has 0 saturated carbocycles. The van der Waals surface area contributed by atoms with Crippen LogP contribution in [-0.4, -0.2) is 29.6 Å². The number of hydrogen-bond donors (Lipinski definition) is 3. The zero-order chi connectivity index (χ0) is 19.4. The summed E-state index contributed by atoms with van der Waals surface area (Å²) in [7, 11) is 0. The Morgan fingerprint density at radius 2 is 1.72 bits per heavy atom. The molecular formula is C19H32N2O4. The van der Waals surface area contributed by atoms with Gasteiger partial charge in [-0.1, -0.05) is 45.0 Å². The standard InChI is InChI=1S/C13H18O2.C6H14N2O2/c1-9(2)8-11-4-6-12(7-5-11)10(3)13(14)15;7-4-2-1-3-5(8)6(9)10/h4-7,9-10H,8H2,1-3H3,(H,14,15);5H,1-4,7-8H2,(H,9,10)/t10-;5-/m00/s1. The molecule has 25 heavy (non-hydrogen) atoms. The van der Waals surface area contributed by atoms with E-state index in [2.05, 4.69) is 19.6 Å². The molecule has 6 nitrogen and oxygen atoms in total. The summed E-state index contributed by atoms with van der Waals surface area (Å²) in [5.74, 6) is -1.84. The Balaban J connectivity index is 0.000000504. The number of carboxylic acids is 2. The summed E-state index contributed by atoms with van der Waals surface area (Å²) in [5.41, 5.74) is 10.9. The van der Waals surface area contributed by atoms with Gasteiger partial charge < -0.3 is 26.5 Å². The second kappa shape index (κ2) is 12.4. The Morgan fingerprint density at radius 3 is 2.12 bits per heavy atom. The molecule has 0 saturated heterocycles. The van der Waals surface area contributed by atoms with E-state index in [9.17, 15) is 14.7 Å². The Labute approximate surface area is 150 Å². The van der Waals surface area contributed by atoms with Crippen LogP contribution in [0.15, 0.2) is 24.3 Å². The van der Waals surface area contributed by atoms with Crippen LogP contribution in [0.1, 0.15) is 57.1 Å². The number of unbranched alkanes of at least 4 members (excludes halogenated alkanes) is 1. The number of quaternary nitrogens is 1. The number of nitrogens with two attached hydrogens (primary N) is 1. The maximum Gasteiger partial charge on any atom is 0.320 e. The van der Waals surface area contributed by atoms with Crippen LogP contribution in [0.5, 0.6) is 0 Å². The molecule has 142 valence electrons. The fourth-order valence-corrected chi connectivity index (χ4v) is 2.21. The number of benzene rings is 1. The van der Waals surface area contributed by atoms with E-state index in [1.165, 1.54) is 5.56 Å². The van der Waals surface area contributed by atoms with Gasteiger partial charge in [0.1, 0.15) is 6.04 Å². The molecule has 0 radical (unpaired) electrons. The minimum atomic E-state index is -1.02. The molecule has 0 aliphatic heterocycles. The van der Waals surface area contributed by atoms with Gasteiger partial charge in [0, 0.05) is 11.9 Å². The van der Waals surface area contributed by atoms with Gasteiger partial charge in [-0.25, -0.2) is 0 Å². The second-order valence-corrected chi connectivity index (χ2v) is 6.67. The molecule has 6 heteroatoms. The molecule has 2 atom stereocenters. The van der Waals surface area contributed by atoms with Crippen LogP contribution in [0, 0.1) is 5.92 Å². The highest BCUT2D eigenvalue weighted by molar-refractivity contribution is 5.73. The molecule has 0 bridgehead atoms. The average molecular weight is 352 g/mol. The Morgan fingerprint density at radius 1 is 1.16 bits per heavy atom. The highest BCUT2D eigenvalue weighted by atomic mass is 16.4. The van der Waals surface area contributed by atoms with Crippen LogP contribution in [0.3, 0.4) is 0 Å². The second-order valence-electron chi connectivity index (χ2n) is 6.67. The fraction of sp³-hybridized carbons (Fsp3) is 0.579. The van der Waals surface area contributed by atoms with E-state index in [0.717, 1.165) is 31.4 Å². The van der Waals surface area contributed by atoms with Crippen LogP contribution in [0.2, 0.25) is 0 Å². The van der Waals surface area contributed by atoms with Crippen molar-refractivity contribution < 1.29 is 25.5 Å². The fourth-order valence-electron chi connectivity index (χ4n) is 2.21. The van der Waals surface area contributed by atoms with Gasteiger partial charge >= 0.3 is 5.97 Å². The van der Waals surface area contributed by atoms with Crippen LogP contribution >= 0.6 is 0 Å². The van der Waals surface area contributed by atoms with E-state index < -0.39 is 23.9 Å². The lowest BCUT2D eigenvalue weighted by Crippen LogP contribution is -2.50. The van der Waals surface area contributed by atoms with Crippen LogP contribution < -0.4 is 16.6 Å². The van der Waals surface area contributed by atoms with Gasteiger partial charge in [-0.15, -0.1) is 0 Å². The Hall–Kier alpha value is -1.92. The summed E-state index contributed by atoms with van der Waals surface area (Å²) in [6, 6.07) is 7.05. The molecule has 6 N–H and O–H groups in total. The average Bonchev–Trinajstić information content (AvgIpc) is 2.55. The maximum atomic E-state index is 10.7. The Bertz CT molecular complexity index is 515. The molecule has 0 fully saturated rings. The molecule has 0 heterocycles. The maximum absolute atomic E-state index is 10.7. The van der Waals surface area contributed by atoms with Gasteiger partial charge in [-0.3, -0.25) is 4.79 Å². The lowest BCUT2D eigenvalue weighted by atomic mass is 9.97. The summed E-state index contributed by atoms with van der Waals surface area (Å²) < 4.78 is 0. The number of hydrogen-bond acceptors (Lipinski definition) is 4. The molecule has 1 aromatic carbocycles. The van der Waals surface area contributed by atoms with Crippen molar-refractivity contribution in [1.82, 2.24) is 0 Å². The van der Waals surface area contributed by atoms with E-state index in [-0.39, 0.29) is 0 Å². The molecule has 0 aliphatic rings. The first-order chi connectivity index (χ1) is 11.7. The van der Waals surface area contributed by atoms with Gasteiger partial charge in [0.05, 0.1) is 6.54 Å². The first-order valence-corrected chi connectivity index (χ1v) is 8.76. The van der Waals surface area contributed by atoms with E-state index in [0.29, 0.717) is 12.3 Å². The van der Waals surface area contributed by atoms with Gasteiger partial charge in [-0.2, -0.15) is 0 Å². The first kappa shape index (κ1) is 23.1. The molecule has 0 spiro atoms. The van der Waals surface area contributed by atoms with Crippen molar-refractivity contribution in [1.29, 1.82) is 0 Å². The third kappa shape index (κ3) is 10.5. The number of rotatable bonds is 9. The lowest BCUT2D eigenvalue weighted by Gasteiger charge is -2.13. The van der Waals surface area contributed by atoms with Crippen molar-refractivity contribution in [3.8, 4) is 0 Å². The SMILES string of the molecule is CC(C)Cc1ccc([C@H](C)C(=O)[O-])cc1.N[C@@H](CCCC[NH3+])C(=O)O. The third-order valence-corrected chi connectivity index (χ3v) is 3.81. The van der Waals surface area contributed by atoms with Gasteiger partial charge in [0.15, 0.2) is 0 Å². The minimum absolute atomic E-state index is 0.530. The van der Waals surface area contributed by atoms with Crippen molar-refractivity contribution in [3.05, 3.63) is 35.4 Å². The highest BCUT2D eigenvalue weighted by Gasteiger charge is 2.09. The predicted molar refractivity (Wildman–Crippen MR) is 95.6 cm³/mol. The predicted octanol–water partition coefficient (Wildman–Crippen LogP) is 0.549. The monoisotopic (exact) mass is 352 g/mol. The van der Waals surface area contributed by atoms with Crippen molar-refractivity contribution >= 4 is 11.9 Å². The van der Waals surface area contributed by atoms with E-state index in [1.807, 2.05) is 24.3 Å². The Kier molecular flexibility index (Phi) is 11.5. The molecular weight excluding hydrogens is 320 g/mol. The summed E-state index contributed by atoms with van der Waals surface area (Å²) in [6.07, 6.45) is 3.41. The number of carbonyl (C=O) groups is 2. The lowest BCUT2D eigenvalue weighted by molar-refractivity contribution is -0.368. The molecule has 1 aromatic rings. The summed E-state index contributed by atoms with van der Waals surface area (Å²) in [6.45, 7) is 6.83. The molecule has 1 rings (SSSR count). The zero-order valence-corrected chi connectivity index (χ0v) is 15.5. The van der Waals surface area contributed by atoms with Crippen molar-refractivity contribution in [2.24, 2.45) is 11.7 Å². The first-order valence-electron chi connectivity index (χ1n) is 8.76. The van der Waals surface area contributed by atoms with Crippen molar-refractivity contribution in [3.63, 3.8) is 0 Å². The smallest absolute Gasteiger partial charge is 0.320 e. The summed E-state index contributed by atoms with van der Waals surface area (Å²) >= 11 is 0. The minimum Gasteiger partial charge on any atom is -0.550 e. The molecule has 0 aromatic heterocycles. The van der Waals surface area contributed by atoms with Gasteiger partial charge in [0.2, 0.25) is 0 Å². The van der Waals surface area contributed by atoms with Crippen LogP contribution in [-0.2, 0) is 16.0 Å². The number of carbonyl (C=O) groups excluding carboxylic acids is 1. The van der Waals surface area contributed by atoms with Crippen molar-refractivity contribution in [2.75, 3.05) is 6.54 Å². The summed E-state index contributed by atoms with van der Waals surface area (Å²) in [5, 5.41) is 19.0. The van der Waals surface area contributed by atoms with E-state index in [1.54, 1.807) is 6.92 Å². The van der Waals surface area contributed by atoms with E-state index in [4.69, 9.17) is 10.8 Å². The topological polar surface area (TPSA) is 131 Å². The van der Waals surface area contributed by atoms with Gasteiger partial charge in [0.25, 0.3) is 0 Å². The zero-order valence-electron chi connectivity index (χ0n) is 15.5.